The van der Waals surface area contributed by atoms with Crippen molar-refractivity contribution >= 4 is 11.9 Å². The molecule has 2 aromatic rings. The summed E-state index contributed by atoms with van der Waals surface area (Å²) in [5, 5.41) is 0. The highest BCUT2D eigenvalue weighted by Crippen LogP contribution is 2.25. The molecule has 0 aliphatic carbocycles. The zero-order chi connectivity index (χ0) is 19.1. The molecule has 27 heavy (non-hydrogen) atoms. The predicted octanol–water partition coefficient (Wildman–Crippen LogP) is 2.68. The summed E-state index contributed by atoms with van der Waals surface area (Å²) in [5.41, 5.74) is 7.61. The van der Waals surface area contributed by atoms with Gasteiger partial charge in [-0.1, -0.05) is 60.7 Å². The molecule has 0 radical (unpaired) electrons. The molecule has 0 spiro atoms. The van der Waals surface area contributed by atoms with Crippen LogP contribution in [0.4, 0.5) is 0 Å². The van der Waals surface area contributed by atoms with Crippen LogP contribution in [0.15, 0.2) is 60.7 Å². The van der Waals surface area contributed by atoms with E-state index in [0.717, 1.165) is 24.0 Å². The van der Waals surface area contributed by atoms with Gasteiger partial charge >= 0.3 is 5.97 Å². The standard InChI is InChI=1S/C22H26N2O3/c23-22(14-12-18-8-3-1-4-9-18)13-7-15-24(21(22)26)16-20(25)27-17-19-10-5-2-6-11-19/h1-6,8-11H,7,12-17,23H2/t22-/m1/s1. The van der Waals surface area contributed by atoms with E-state index in [1.54, 1.807) is 4.90 Å². The van der Waals surface area contributed by atoms with Gasteiger partial charge in [0.2, 0.25) is 5.91 Å². The van der Waals surface area contributed by atoms with Crippen molar-refractivity contribution in [2.75, 3.05) is 13.1 Å². The van der Waals surface area contributed by atoms with Crippen LogP contribution in [-0.4, -0.2) is 35.4 Å². The van der Waals surface area contributed by atoms with Crippen molar-refractivity contribution in [2.24, 2.45) is 5.73 Å². The average Bonchev–Trinajstić information content (AvgIpc) is 2.70. The zero-order valence-corrected chi connectivity index (χ0v) is 15.5. The van der Waals surface area contributed by atoms with Crippen LogP contribution in [0.1, 0.15) is 30.4 Å². The maximum absolute atomic E-state index is 12.9. The minimum Gasteiger partial charge on any atom is -0.459 e. The number of carbonyl (C=O) groups excluding carboxylic acids is 2. The van der Waals surface area contributed by atoms with E-state index >= 15 is 0 Å². The van der Waals surface area contributed by atoms with Crippen LogP contribution in [-0.2, 0) is 27.4 Å². The lowest BCUT2D eigenvalue weighted by Gasteiger charge is -2.38. The molecule has 1 aliphatic heterocycles. The normalized spacial score (nSPS) is 19.7. The van der Waals surface area contributed by atoms with Gasteiger partial charge in [-0.3, -0.25) is 9.59 Å². The topological polar surface area (TPSA) is 72.6 Å². The molecule has 2 N–H and O–H groups in total. The average molecular weight is 366 g/mol. The summed E-state index contributed by atoms with van der Waals surface area (Å²) < 4.78 is 5.30. The number of hydrogen-bond donors (Lipinski definition) is 1. The maximum Gasteiger partial charge on any atom is 0.325 e. The molecule has 1 heterocycles. The van der Waals surface area contributed by atoms with E-state index in [1.807, 2.05) is 60.7 Å². The molecule has 1 amide bonds. The zero-order valence-electron chi connectivity index (χ0n) is 15.5. The second-order valence-electron chi connectivity index (χ2n) is 7.12. The largest absolute Gasteiger partial charge is 0.459 e. The number of amides is 1. The maximum atomic E-state index is 12.9. The molecular weight excluding hydrogens is 340 g/mol. The van der Waals surface area contributed by atoms with E-state index in [2.05, 4.69) is 0 Å². The Hall–Kier alpha value is -2.66. The summed E-state index contributed by atoms with van der Waals surface area (Å²) in [5.74, 6) is -0.555. The van der Waals surface area contributed by atoms with Gasteiger partial charge in [-0.05, 0) is 36.8 Å². The molecule has 1 saturated heterocycles. The van der Waals surface area contributed by atoms with Gasteiger partial charge in [0.25, 0.3) is 0 Å². The summed E-state index contributed by atoms with van der Waals surface area (Å²) in [4.78, 5) is 26.6. The number of benzene rings is 2. The van der Waals surface area contributed by atoms with Crippen LogP contribution in [0.25, 0.3) is 0 Å². The highest BCUT2D eigenvalue weighted by Gasteiger charge is 2.40. The molecule has 0 saturated carbocycles. The minimum absolute atomic E-state index is 0.0457. The monoisotopic (exact) mass is 366 g/mol. The molecule has 5 heteroatoms. The van der Waals surface area contributed by atoms with Crippen molar-refractivity contribution in [3.05, 3.63) is 71.8 Å². The lowest BCUT2D eigenvalue weighted by atomic mass is 9.83. The SMILES string of the molecule is N[C@@]1(CCc2ccccc2)CCCN(CC(=O)OCc2ccccc2)C1=O. The number of esters is 1. The third kappa shape index (κ3) is 5.17. The first-order valence-electron chi connectivity index (χ1n) is 9.38. The Morgan fingerprint density at radius 1 is 1.04 bits per heavy atom. The summed E-state index contributed by atoms with van der Waals surface area (Å²) >= 11 is 0. The lowest BCUT2D eigenvalue weighted by molar-refractivity contribution is -0.153. The van der Waals surface area contributed by atoms with Crippen LogP contribution < -0.4 is 5.73 Å². The summed E-state index contributed by atoms with van der Waals surface area (Å²) in [6.07, 6.45) is 2.76. The fourth-order valence-electron chi connectivity index (χ4n) is 3.44. The first-order chi connectivity index (χ1) is 13.1. The molecule has 0 bridgehead atoms. The number of hydrogen-bond acceptors (Lipinski definition) is 4. The van der Waals surface area contributed by atoms with Crippen LogP contribution in [0.2, 0.25) is 0 Å². The van der Waals surface area contributed by atoms with E-state index in [4.69, 9.17) is 10.5 Å². The molecule has 0 unspecified atom stereocenters. The Labute approximate surface area is 160 Å². The third-order valence-corrected chi connectivity index (χ3v) is 5.03. The van der Waals surface area contributed by atoms with Gasteiger partial charge in [0.15, 0.2) is 0 Å². The molecule has 1 aliphatic rings. The Morgan fingerprint density at radius 3 is 2.33 bits per heavy atom. The van der Waals surface area contributed by atoms with E-state index in [1.165, 1.54) is 0 Å². The molecule has 2 aromatic carbocycles. The molecule has 1 atom stereocenters. The van der Waals surface area contributed by atoms with Gasteiger partial charge in [0.05, 0.1) is 5.54 Å². The summed E-state index contributed by atoms with van der Waals surface area (Å²) in [6.45, 7) is 0.711. The van der Waals surface area contributed by atoms with E-state index in [0.29, 0.717) is 19.4 Å². The molecule has 0 aromatic heterocycles. The minimum atomic E-state index is -0.909. The van der Waals surface area contributed by atoms with Crippen LogP contribution in [0, 0.1) is 0 Å². The van der Waals surface area contributed by atoms with E-state index < -0.39 is 11.5 Å². The number of likely N-dealkylation sites (tertiary alicyclic amines) is 1. The molecule has 3 rings (SSSR count). The van der Waals surface area contributed by atoms with Gasteiger partial charge in [-0.25, -0.2) is 0 Å². The Morgan fingerprint density at radius 2 is 1.67 bits per heavy atom. The molecule has 5 nitrogen and oxygen atoms in total. The van der Waals surface area contributed by atoms with Crippen molar-refractivity contribution in [3.8, 4) is 0 Å². The number of ether oxygens (including phenoxy) is 1. The van der Waals surface area contributed by atoms with Gasteiger partial charge in [-0.15, -0.1) is 0 Å². The number of nitrogens with two attached hydrogens (primary N) is 1. The van der Waals surface area contributed by atoms with Crippen molar-refractivity contribution < 1.29 is 14.3 Å². The van der Waals surface area contributed by atoms with Crippen molar-refractivity contribution in [1.82, 2.24) is 4.90 Å². The molecule has 1 fully saturated rings. The highest BCUT2D eigenvalue weighted by atomic mass is 16.5. The van der Waals surface area contributed by atoms with Crippen LogP contribution in [0.3, 0.4) is 0 Å². The second kappa shape index (κ2) is 8.82. The first-order valence-corrected chi connectivity index (χ1v) is 9.38. The van der Waals surface area contributed by atoms with Crippen LogP contribution in [0.5, 0.6) is 0 Å². The van der Waals surface area contributed by atoms with E-state index in [-0.39, 0.29) is 19.1 Å². The molecule has 142 valence electrons. The third-order valence-electron chi connectivity index (χ3n) is 5.03. The summed E-state index contributed by atoms with van der Waals surface area (Å²) in [6, 6.07) is 19.5. The first kappa shape index (κ1) is 19.1. The number of aryl methyl sites for hydroxylation is 1. The van der Waals surface area contributed by atoms with E-state index in [9.17, 15) is 9.59 Å². The Balaban J connectivity index is 1.53. The number of nitrogens with zero attached hydrogens (tertiary/aromatic N) is 1. The number of carbonyl (C=O) groups is 2. The van der Waals surface area contributed by atoms with Crippen molar-refractivity contribution in [2.45, 2.75) is 37.8 Å². The van der Waals surface area contributed by atoms with Crippen molar-refractivity contribution in [1.29, 1.82) is 0 Å². The smallest absolute Gasteiger partial charge is 0.325 e. The molecular formula is C22H26N2O3. The number of rotatable bonds is 7. The quantitative estimate of drug-likeness (QED) is 0.765. The Bertz CT molecular complexity index is 764. The van der Waals surface area contributed by atoms with Gasteiger partial charge in [-0.2, -0.15) is 0 Å². The Kier molecular flexibility index (Phi) is 6.24. The van der Waals surface area contributed by atoms with Gasteiger partial charge in [0.1, 0.15) is 13.2 Å². The summed E-state index contributed by atoms with van der Waals surface area (Å²) in [7, 11) is 0. The fourth-order valence-corrected chi connectivity index (χ4v) is 3.44. The highest BCUT2D eigenvalue weighted by molar-refractivity contribution is 5.89. The fraction of sp³-hybridized carbons (Fsp3) is 0.364. The van der Waals surface area contributed by atoms with Gasteiger partial charge in [0, 0.05) is 6.54 Å². The lowest BCUT2D eigenvalue weighted by Crippen LogP contribution is -2.60. The number of piperidine rings is 1. The predicted molar refractivity (Wildman–Crippen MR) is 104 cm³/mol. The van der Waals surface area contributed by atoms with Gasteiger partial charge < -0.3 is 15.4 Å². The van der Waals surface area contributed by atoms with Crippen LogP contribution >= 0.6 is 0 Å². The second-order valence-corrected chi connectivity index (χ2v) is 7.12. The van der Waals surface area contributed by atoms with Crippen molar-refractivity contribution in [3.63, 3.8) is 0 Å².